The van der Waals surface area contributed by atoms with Gasteiger partial charge < -0.3 is 5.11 Å². The molecule has 1 fully saturated rings. The molecule has 3 aromatic rings. The van der Waals surface area contributed by atoms with Gasteiger partial charge >= 0.3 is 6.18 Å². The first kappa shape index (κ1) is 18.6. The second-order valence-electron chi connectivity index (χ2n) is 7.36. The molecular formula is C20H19F3N4O. The Morgan fingerprint density at radius 2 is 1.89 bits per heavy atom. The van der Waals surface area contributed by atoms with Crippen LogP contribution in [0.1, 0.15) is 38.2 Å². The molecule has 1 N–H and O–H groups in total. The minimum Gasteiger partial charge on any atom is -0.390 e. The first-order chi connectivity index (χ1) is 13.2. The molecule has 8 heteroatoms. The lowest BCUT2D eigenvalue weighted by Crippen LogP contribution is -2.30. The highest BCUT2D eigenvalue weighted by Crippen LogP contribution is 2.32. The van der Waals surface area contributed by atoms with Crippen molar-refractivity contribution in [3.63, 3.8) is 0 Å². The lowest BCUT2D eigenvalue weighted by atomic mass is 9.85. The maximum atomic E-state index is 13.0. The molecule has 2 aromatic heterocycles. The molecule has 0 aliphatic heterocycles. The number of aliphatic imine (C=N–C) groups is 1. The van der Waals surface area contributed by atoms with Crippen LogP contribution in [0.2, 0.25) is 0 Å². The summed E-state index contributed by atoms with van der Waals surface area (Å²) in [6, 6.07) is 8.57. The van der Waals surface area contributed by atoms with Crippen LogP contribution in [0, 0.1) is 0 Å². The quantitative estimate of drug-likeness (QED) is 0.685. The molecule has 0 radical (unpaired) electrons. The number of aliphatic hydroxyl groups is 1. The van der Waals surface area contributed by atoms with E-state index in [1.165, 1.54) is 16.8 Å². The van der Waals surface area contributed by atoms with E-state index >= 15 is 0 Å². The Balaban J connectivity index is 1.70. The topological polar surface area (TPSA) is 62.8 Å². The van der Waals surface area contributed by atoms with Gasteiger partial charge in [0.05, 0.1) is 23.1 Å². The van der Waals surface area contributed by atoms with Gasteiger partial charge in [0.1, 0.15) is 0 Å². The fourth-order valence-electron chi connectivity index (χ4n) is 3.33. The lowest BCUT2D eigenvalue weighted by molar-refractivity contribution is -0.137. The number of nitrogens with zero attached hydrogens (tertiary/aromatic N) is 4. The third-order valence-corrected chi connectivity index (χ3v) is 5.01. The van der Waals surface area contributed by atoms with Crippen molar-refractivity contribution in [1.82, 2.24) is 14.6 Å². The Kier molecular flexibility index (Phi) is 4.45. The van der Waals surface area contributed by atoms with E-state index in [0.717, 1.165) is 17.8 Å². The van der Waals surface area contributed by atoms with Crippen LogP contribution in [-0.4, -0.2) is 31.0 Å². The fourth-order valence-corrected chi connectivity index (χ4v) is 3.33. The van der Waals surface area contributed by atoms with E-state index in [1.807, 2.05) is 6.92 Å². The minimum absolute atomic E-state index is 0.383. The number of imidazole rings is 1. The monoisotopic (exact) mass is 388 g/mol. The number of rotatable bonds is 2. The zero-order valence-electron chi connectivity index (χ0n) is 15.2. The van der Waals surface area contributed by atoms with E-state index in [9.17, 15) is 18.3 Å². The van der Waals surface area contributed by atoms with Gasteiger partial charge in [0.15, 0.2) is 11.5 Å². The van der Waals surface area contributed by atoms with Crippen LogP contribution in [0.15, 0.2) is 47.6 Å². The summed E-state index contributed by atoms with van der Waals surface area (Å²) < 4.78 is 40.6. The van der Waals surface area contributed by atoms with E-state index in [-0.39, 0.29) is 0 Å². The smallest absolute Gasteiger partial charge is 0.390 e. The van der Waals surface area contributed by atoms with Gasteiger partial charge in [0.2, 0.25) is 0 Å². The van der Waals surface area contributed by atoms with Crippen LogP contribution >= 0.6 is 0 Å². The number of hydrogen-bond acceptors (Lipinski definition) is 4. The summed E-state index contributed by atoms with van der Waals surface area (Å²) >= 11 is 0. The first-order valence-electron chi connectivity index (χ1n) is 9.03. The summed E-state index contributed by atoms with van der Waals surface area (Å²) in [5, 5.41) is 14.5. The number of aromatic nitrogens is 3. The molecule has 1 aliphatic rings. The van der Waals surface area contributed by atoms with Crippen molar-refractivity contribution < 1.29 is 18.3 Å². The van der Waals surface area contributed by atoms with Crippen LogP contribution < -0.4 is 0 Å². The van der Waals surface area contributed by atoms with Crippen molar-refractivity contribution in [2.45, 2.75) is 44.4 Å². The molecule has 1 aromatic carbocycles. The average Bonchev–Trinajstić information content (AvgIpc) is 3.06. The predicted molar refractivity (Wildman–Crippen MR) is 99.6 cm³/mol. The Morgan fingerprint density at radius 3 is 2.61 bits per heavy atom. The molecule has 0 atom stereocenters. The zero-order chi connectivity index (χ0) is 19.9. The summed E-state index contributed by atoms with van der Waals surface area (Å²) in [6.07, 6.45) is -0.229. The highest BCUT2D eigenvalue weighted by molar-refractivity contribution is 5.87. The third kappa shape index (κ3) is 3.77. The highest BCUT2D eigenvalue weighted by atomic mass is 19.4. The van der Waals surface area contributed by atoms with Crippen LogP contribution in [0.5, 0.6) is 0 Å². The van der Waals surface area contributed by atoms with Crippen molar-refractivity contribution in [3.05, 3.63) is 48.2 Å². The summed E-state index contributed by atoms with van der Waals surface area (Å²) in [5.41, 5.74) is 0.966. The average molecular weight is 388 g/mol. The molecule has 0 amide bonds. The van der Waals surface area contributed by atoms with Gasteiger partial charge in [-0.3, -0.25) is 0 Å². The van der Waals surface area contributed by atoms with Crippen molar-refractivity contribution in [3.8, 4) is 11.3 Å². The van der Waals surface area contributed by atoms with E-state index in [1.54, 1.807) is 18.2 Å². The largest absolute Gasteiger partial charge is 0.416 e. The zero-order valence-corrected chi connectivity index (χ0v) is 15.2. The normalized spacial score (nSPS) is 20.5. The molecule has 5 nitrogen and oxygen atoms in total. The van der Waals surface area contributed by atoms with Crippen molar-refractivity contribution in [2.24, 2.45) is 4.99 Å². The van der Waals surface area contributed by atoms with Crippen molar-refractivity contribution in [2.75, 3.05) is 0 Å². The maximum absolute atomic E-state index is 13.0. The molecule has 146 valence electrons. The molecular weight excluding hydrogens is 369 g/mol. The maximum Gasteiger partial charge on any atom is 0.416 e. The van der Waals surface area contributed by atoms with Gasteiger partial charge in [-0.05, 0) is 56.9 Å². The van der Waals surface area contributed by atoms with Crippen molar-refractivity contribution >= 4 is 17.2 Å². The molecule has 0 spiro atoms. The molecule has 4 rings (SSSR count). The molecule has 0 saturated heterocycles. The highest BCUT2D eigenvalue weighted by Gasteiger charge is 2.30. The molecule has 0 unspecified atom stereocenters. The molecule has 0 bridgehead atoms. The van der Waals surface area contributed by atoms with Crippen molar-refractivity contribution in [1.29, 1.82) is 0 Å². The number of hydrogen-bond donors (Lipinski definition) is 1. The Hall–Kier alpha value is -2.74. The third-order valence-electron chi connectivity index (χ3n) is 5.01. The fraction of sp³-hybridized carbons (Fsp3) is 0.350. The first-order valence-corrected chi connectivity index (χ1v) is 9.03. The minimum atomic E-state index is -4.41. The number of benzene rings is 1. The van der Waals surface area contributed by atoms with Gasteiger partial charge in [0, 0.05) is 11.3 Å². The summed E-state index contributed by atoms with van der Waals surface area (Å²) in [6.45, 7) is 1.82. The second-order valence-corrected chi connectivity index (χ2v) is 7.36. The van der Waals surface area contributed by atoms with Gasteiger partial charge in [-0.25, -0.2) is 14.5 Å². The Labute approximate surface area is 159 Å². The van der Waals surface area contributed by atoms with E-state index in [0.29, 0.717) is 48.4 Å². The summed E-state index contributed by atoms with van der Waals surface area (Å²) in [5.74, 6) is 0.468. The summed E-state index contributed by atoms with van der Waals surface area (Å²) in [4.78, 5) is 8.80. The van der Waals surface area contributed by atoms with E-state index in [2.05, 4.69) is 15.1 Å². The van der Waals surface area contributed by atoms with Crippen LogP contribution in [0.4, 0.5) is 19.0 Å². The standard InChI is InChI=1S/C20H19F3N4O/c1-19(28)9-7-15(8-10-19)25-17-5-6-18-24-12-16(27(18)26-17)13-3-2-4-14(11-13)20(21,22)23/h2-6,11-12,28H,7-10H2,1H3. The molecule has 1 aliphatic carbocycles. The van der Waals surface area contributed by atoms with Gasteiger partial charge in [0.25, 0.3) is 0 Å². The Morgan fingerprint density at radius 1 is 1.14 bits per heavy atom. The van der Waals surface area contributed by atoms with Crippen LogP contribution in [0.3, 0.4) is 0 Å². The number of fused-ring (bicyclic) bond motifs is 1. The van der Waals surface area contributed by atoms with Crippen LogP contribution in [-0.2, 0) is 6.18 Å². The Bertz CT molecular complexity index is 1040. The number of alkyl halides is 3. The van der Waals surface area contributed by atoms with Gasteiger partial charge in [-0.15, -0.1) is 5.10 Å². The SMILES string of the molecule is CC1(O)CCC(=Nc2ccc3ncc(-c4cccc(C(F)(F)F)c4)n3n2)CC1. The lowest BCUT2D eigenvalue weighted by Gasteiger charge is -2.28. The number of halogens is 3. The van der Waals surface area contributed by atoms with E-state index in [4.69, 9.17) is 0 Å². The van der Waals surface area contributed by atoms with Gasteiger partial charge in [-0.1, -0.05) is 12.1 Å². The molecule has 2 heterocycles. The molecule has 1 saturated carbocycles. The van der Waals surface area contributed by atoms with Crippen LogP contribution in [0.25, 0.3) is 16.9 Å². The van der Waals surface area contributed by atoms with Gasteiger partial charge in [-0.2, -0.15) is 13.2 Å². The van der Waals surface area contributed by atoms with E-state index < -0.39 is 17.3 Å². The molecule has 28 heavy (non-hydrogen) atoms. The predicted octanol–water partition coefficient (Wildman–Crippen LogP) is 4.81. The summed E-state index contributed by atoms with van der Waals surface area (Å²) in [7, 11) is 0. The second kappa shape index (κ2) is 6.70.